The van der Waals surface area contributed by atoms with Gasteiger partial charge in [-0.15, -0.1) is 0 Å². The fourth-order valence-corrected chi connectivity index (χ4v) is 4.71. The van der Waals surface area contributed by atoms with Crippen LogP contribution in [-0.2, 0) is 12.8 Å². The number of ether oxygens (including phenoxy) is 1. The topological polar surface area (TPSA) is 102 Å². The van der Waals surface area contributed by atoms with Crippen LogP contribution in [0, 0.1) is 17.6 Å². The summed E-state index contributed by atoms with van der Waals surface area (Å²) >= 11 is 0. The summed E-state index contributed by atoms with van der Waals surface area (Å²) < 4.78 is 73.1. The van der Waals surface area contributed by atoms with E-state index in [1.165, 1.54) is 18.3 Å². The maximum atomic E-state index is 13.5. The smallest absolute Gasteiger partial charge is 0.433 e. The molecule has 13 heteroatoms. The lowest BCUT2D eigenvalue weighted by Gasteiger charge is -2.28. The Kier molecular flexibility index (Phi) is 7.55. The second kappa shape index (κ2) is 11.1. The summed E-state index contributed by atoms with van der Waals surface area (Å²) in [6, 6.07) is 6.99. The number of aromatic hydroxyl groups is 1. The molecular weight excluding hydrogens is 537 g/mol. The van der Waals surface area contributed by atoms with Gasteiger partial charge in [-0.2, -0.15) is 18.3 Å². The van der Waals surface area contributed by atoms with Crippen LogP contribution >= 0.6 is 0 Å². The number of pyridine rings is 2. The molecule has 210 valence electrons. The second-order valence-electron chi connectivity index (χ2n) is 9.66. The molecule has 1 aromatic carbocycles. The summed E-state index contributed by atoms with van der Waals surface area (Å²) in [5, 5.41) is 17.3. The highest BCUT2D eigenvalue weighted by Gasteiger charge is 2.32. The molecule has 0 atom stereocenters. The van der Waals surface area contributed by atoms with Crippen molar-refractivity contribution in [1.29, 1.82) is 0 Å². The van der Waals surface area contributed by atoms with Gasteiger partial charge >= 0.3 is 6.18 Å². The molecule has 1 aliphatic rings. The van der Waals surface area contributed by atoms with E-state index < -0.39 is 35.2 Å². The van der Waals surface area contributed by atoms with Crippen molar-refractivity contribution in [3.63, 3.8) is 0 Å². The number of carbonyl (C=O) groups excluding carboxylic acids is 1. The van der Waals surface area contributed by atoms with Crippen LogP contribution in [-0.4, -0.2) is 37.3 Å². The largest absolute Gasteiger partial charge is 0.503 e. The summed E-state index contributed by atoms with van der Waals surface area (Å²) in [5.74, 6) is -3.71. The van der Waals surface area contributed by atoms with Gasteiger partial charge < -0.3 is 15.2 Å². The summed E-state index contributed by atoms with van der Waals surface area (Å²) in [4.78, 5) is 20.1. The highest BCUT2D eigenvalue weighted by atomic mass is 19.4. The minimum Gasteiger partial charge on any atom is -0.503 e. The molecule has 3 heterocycles. The highest BCUT2D eigenvalue weighted by molar-refractivity contribution is 5.94. The molecule has 0 saturated heterocycles. The van der Waals surface area contributed by atoms with Crippen molar-refractivity contribution in [2.24, 2.45) is 5.92 Å². The normalized spacial score (nSPS) is 17.6. The van der Waals surface area contributed by atoms with Gasteiger partial charge in [0.05, 0.1) is 17.9 Å². The number of rotatable bonds is 7. The van der Waals surface area contributed by atoms with Crippen LogP contribution in [0.2, 0.25) is 0 Å². The van der Waals surface area contributed by atoms with Gasteiger partial charge in [-0.3, -0.25) is 9.48 Å². The average molecular weight is 562 g/mol. The molecule has 0 bridgehead atoms. The Morgan fingerprint density at radius 2 is 1.82 bits per heavy atom. The standard InChI is InChI=1S/C27H24F5N5O3/c28-20-8-16(9-21(29)25(20)38)26(39)34-11-15-4-6-19(7-5-15)37-13-17-10-24(33-12-22(17)36-37)40-14-18-2-1-3-23(35-18)27(30,31)32/h1-3,8-10,12-13,15,19,38H,4-7,11,14H2,(H,34,39)/t15-,19-. The molecule has 1 aliphatic carbocycles. The number of nitrogens with zero attached hydrogens (tertiary/aromatic N) is 4. The molecule has 5 rings (SSSR count). The molecule has 0 spiro atoms. The zero-order valence-electron chi connectivity index (χ0n) is 21.0. The Morgan fingerprint density at radius 3 is 2.52 bits per heavy atom. The third-order valence-corrected chi connectivity index (χ3v) is 6.87. The number of halogens is 5. The van der Waals surface area contributed by atoms with Gasteiger partial charge in [-0.1, -0.05) is 6.07 Å². The average Bonchev–Trinajstić information content (AvgIpc) is 3.37. The van der Waals surface area contributed by atoms with E-state index in [2.05, 4.69) is 20.4 Å². The second-order valence-corrected chi connectivity index (χ2v) is 9.66. The Hall–Kier alpha value is -4.29. The van der Waals surface area contributed by atoms with Crippen molar-refractivity contribution in [3.05, 3.63) is 77.4 Å². The maximum Gasteiger partial charge on any atom is 0.433 e. The van der Waals surface area contributed by atoms with Gasteiger partial charge in [-0.05, 0) is 55.9 Å². The van der Waals surface area contributed by atoms with Crippen molar-refractivity contribution in [3.8, 4) is 11.6 Å². The van der Waals surface area contributed by atoms with Crippen molar-refractivity contribution in [2.45, 2.75) is 44.5 Å². The zero-order chi connectivity index (χ0) is 28.4. The maximum absolute atomic E-state index is 13.5. The van der Waals surface area contributed by atoms with Crippen molar-refractivity contribution in [2.75, 3.05) is 6.54 Å². The van der Waals surface area contributed by atoms with Gasteiger partial charge in [-0.25, -0.2) is 18.7 Å². The Labute approximate surface area is 224 Å². The first-order chi connectivity index (χ1) is 19.1. The predicted molar refractivity (Wildman–Crippen MR) is 132 cm³/mol. The van der Waals surface area contributed by atoms with Gasteiger partial charge in [0.2, 0.25) is 5.88 Å². The van der Waals surface area contributed by atoms with E-state index in [9.17, 15) is 31.9 Å². The van der Waals surface area contributed by atoms with E-state index in [0.29, 0.717) is 12.1 Å². The van der Waals surface area contributed by atoms with Crippen LogP contribution < -0.4 is 10.1 Å². The number of carbonyl (C=O) groups is 1. The number of hydrogen-bond acceptors (Lipinski definition) is 6. The first-order valence-corrected chi connectivity index (χ1v) is 12.5. The molecule has 4 aromatic rings. The van der Waals surface area contributed by atoms with Crippen molar-refractivity contribution in [1.82, 2.24) is 25.1 Å². The van der Waals surface area contributed by atoms with Crippen LogP contribution in [0.4, 0.5) is 22.0 Å². The number of phenols is 1. The minimum absolute atomic E-state index is 0.123. The zero-order valence-corrected chi connectivity index (χ0v) is 21.0. The molecule has 3 aromatic heterocycles. The Balaban J connectivity index is 1.14. The summed E-state index contributed by atoms with van der Waals surface area (Å²) in [6.45, 7) is 0.176. The van der Waals surface area contributed by atoms with E-state index >= 15 is 0 Å². The van der Waals surface area contributed by atoms with Crippen LogP contribution in [0.15, 0.2) is 48.8 Å². The quantitative estimate of drug-likeness (QED) is 0.286. The summed E-state index contributed by atoms with van der Waals surface area (Å²) in [7, 11) is 0. The van der Waals surface area contributed by atoms with Gasteiger partial charge in [0.15, 0.2) is 17.4 Å². The molecule has 0 radical (unpaired) electrons. The SMILES string of the molecule is O=C(NC[C@H]1CC[C@H](n2cc3cc(OCc4cccc(C(F)(F)F)n4)ncc3n2)CC1)c1cc(F)c(O)c(F)c1. The number of alkyl halides is 3. The number of fused-ring (bicyclic) bond motifs is 1. The monoisotopic (exact) mass is 561 g/mol. The fraction of sp³-hybridized carbons (Fsp3) is 0.333. The van der Waals surface area contributed by atoms with Gasteiger partial charge in [0.25, 0.3) is 5.91 Å². The Morgan fingerprint density at radius 1 is 1.10 bits per heavy atom. The minimum atomic E-state index is -4.54. The summed E-state index contributed by atoms with van der Waals surface area (Å²) in [5.41, 5.74) is -0.415. The summed E-state index contributed by atoms with van der Waals surface area (Å²) in [6.07, 6.45) is 2.07. The van der Waals surface area contributed by atoms with E-state index in [1.807, 2.05) is 10.9 Å². The predicted octanol–water partition coefficient (Wildman–Crippen LogP) is 5.57. The van der Waals surface area contributed by atoms with Crippen molar-refractivity contribution >= 4 is 16.8 Å². The van der Waals surface area contributed by atoms with E-state index in [1.54, 1.807) is 6.07 Å². The van der Waals surface area contributed by atoms with Crippen LogP contribution in [0.3, 0.4) is 0 Å². The molecule has 40 heavy (non-hydrogen) atoms. The number of phenolic OH excluding ortho intramolecular Hbond substituents is 1. The first-order valence-electron chi connectivity index (χ1n) is 12.5. The van der Waals surface area contributed by atoms with E-state index in [0.717, 1.165) is 49.3 Å². The molecule has 0 aliphatic heterocycles. The number of benzene rings is 1. The molecule has 1 amide bonds. The third kappa shape index (κ3) is 6.13. The molecule has 2 N–H and O–H groups in total. The van der Waals surface area contributed by atoms with Gasteiger partial charge in [0, 0.05) is 29.8 Å². The molecule has 1 saturated carbocycles. The van der Waals surface area contributed by atoms with Crippen LogP contribution in [0.5, 0.6) is 11.6 Å². The lowest BCUT2D eigenvalue weighted by Crippen LogP contribution is -2.31. The number of amides is 1. The van der Waals surface area contributed by atoms with Crippen molar-refractivity contribution < 1.29 is 36.6 Å². The van der Waals surface area contributed by atoms with E-state index in [-0.39, 0.29) is 35.7 Å². The lowest BCUT2D eigenvalue weighted by atomic mass is 9.86. The van der Waals surface area contributed by atoms with E-state index in [4.69, 9.17) is 4.74 Å². The Bertz CT molecular complexity index is 1510. The molecule has 8 nitrogen and oxygen atoms in total. The molecule has 0 unspecified atom stereocenters. The van der Waals surface area contributed by atoms with Crippen LogP contribution in [0.25, 0.3) is 10.9 Å². The fourth-order valence-electron chi connectivity index (χ4n) is 4.71. The number of hydrogen-bond donors (Lipinski definition) is 2. The third-order valence-electron chi connectivity index (χ3n) is 6.87. The molecular formula is C27H24F5N5O3. The van der Waals surface area contributed by atoms with Gasteiger partial charge in [0.1, 0.15) is 17.8 Å². The number of aromatic nitrogens is 4. The molecule has 1 fully saturated rings. The first kappa shape index (κ1) is 27.3. The highest BCUT2D eigenvalue weighted by Crippen LogP contribution is 2.33. The lowest BCUT2D eigenvalue weighted by molar-refractivity contribution is -0.141. The van der Waals surface area contributed by atoms with Crippen LogP contribution in [0.1, 0.15) is 53.5 Å². The number of nitrogens with one attached hydrogen (secondary N) is 1.